The number of hydrogen-bond acceptors (Lipinski definition) is 6. The molecular formula is C17H15BrO6. The molecule has 2 aromatic rings. The molecule has 0 saturated carbocycles. The van der Waals surface area contributed by atoms with Crippen molar-refractivity contribution in [2.24, 2.45) is 5.92 Å². The Kier molecular flexibility index (Phi) is 5.92. The van der Waals surface area contributed by atoms with Gasteiger partial charge in [-0.3, -0.25) is 14.4 Å². The SMILES string of the molecule is COC(=O)C(C(=O)OC)[C@H](C(=O)c1ccco1)c1ccc(Br)cc1. The van der Waals surface area contributed by atoms with Crippen molar-refractivity contribution in [2.75, 3.05) is 14.2 Å². The molecule has 0 amide bonds. The lowest BCUT2D eigenvalue weighted by molar-refractivity contribution is -0.159. The zero-order chi connectivity index (χ0) is 17.7. The van der Waals surface area contributed by atoms with Crippen molar-refractivity contribution < 1.29 is 28.3 Å². The zero-order valence-electron chi connectivity index (χ0n) is 13.0. The predicted molar refractivity (Wildman–Crippen MR) is 87.4 cm³/mol. The van der Waals surface area contributed by atoms with E-state index in [2.05, 4.69) is 15.9 Å². The van der Waals surface area contributed by atoms with Gasteiger partial charge in [0.2, 0.25) is 5.78 Å². The summed E-state index contributed by atoms with van der Waals surface area (Å²) in [5, 5.41) is 0. The van der Waals surface area contributed by atoms with Gasteiger partial charge in [-0.2, -0.15) is 0 Å². The van der Waals surface area contributed by atoms with E-state index in [0.29, 0.717) is 5.56 Å². The van der Waals surface area contributed by atoms with Crippen LogP contribution in [0.1, 0.15) is 22.0 Å². The minimum Gasteiger partial charge on any atom is -0.468 e. The number of Topliss-reactive ketones (excluding diaryl/α,β-unsaturated/α-hetero) is 1. The monoisotopic (exact) mass is 394 g/mol. The van der Waals surface area contributed by atoms with Gasteiger partial charge in [0.25, 0.3) is 0 Å². The van der Waals surface area contributed by atoms with Gasteiger partial charge in [-0.15, -0.1) is 0 Å². The Morgan fingerprint density at radius 2 is 1.58 bits per heavy atom. The van der Waals surface area contributed by atoms with Crippen LogP contribution in [0.2, 0.25) is 0 Å². The molecule has 1 aromatic heterocycles. The molecule has 0 aliphatic heterocycles. The molecule has 0 spiro atoms. The molecule has 0 aliphatic carbocycles. The number of esters is 2. The minimum absolute atomic E-state index is 0.0423. The minimum atomic E-state index is -1.43. The summed E-state index contributed by atoms with van der Waals surface area (Å²) < 4.78 is 15.3. The molecule has 0 saturated heterocycles. The second-order valence-corrected chi connectivity index (χ2v) is 5.81. The summed E-state index contributed by atoms with van der Waals surface area (Å²) in [4.78, 5) is 37.2. The molecule has 0 N–H and O–H groups in total. The molecule has 0 aliphatic rings. The highest BCUT2D eigenvalue weighted by atomic mass is 79.9. The Morgan fingerprint density at radius 3 is 2.04 bits per heavy atom. The van der Waals surface area contributed by atoms with Crippen LogP contribution in [-0.2, 0) is 19.1 Å². The van der Waals surface area contributed by atoms with Crippen LogP contribution in [0.4, 0.5) is 0 Å². The van der Waals surface area contributed by atoms with E-state index in [4.69, 9.17) is 13.9 Å². The number of benzene rings is 1. The summed E-state index contributed by atoms with van der Waals surface area (Å²) >= 11 is 3.31. The number of ether oxygens (including phenoxy) is 2. The third kappa shape index (κ3) is 3.73. The Labute approximate surface area is 146 Å². The number of rotatable bonds is 6. The number of halogens is 1. The second kappa shape index (κ2) is 7.92. The van der Waals surface area contributed by atoms with Crippen LogP contribution in [0.25, 0.3) is 0 Å². The summed E-state index contributed by atoms with van der Waals surface area (Å²) in [7, 11) is 2.29. The number of hydrogen-bond donors (Lipinski definition) is 0. The Balaban J connectivity index is 2.55. The first-order valence-corrected chi connectivity index (χ1v) is 7.77. The summed E-state index contributed by atoms with van der Waals surface area (Å²) in [5.74, 6) is -4.73. The van der Waals surface area contributed by atoms with Crippen molar-refractivity contribution >= 4 is 33.7 Å². The van der Waals surface area contributed by atoms with E-state index in [1.165, 1.54) is 12.3 Å². The van der Waals surface area contributed by atoms with Crippen LogP contribution in [0.5, 0.6) is 0 Å². The van der Waals surface area contributed by atoms with Gasteiger partial charge in [0.1, 0.15) is 0 Å². The highest BCUT2D eigenvalue weighted by Gasteiger charge is 2.43. The van der Waals surface area contributed by atoms with Crippen LogP contribution in [-0.4, -0.2) is 31.9 Å². The fraction of sp³-hybridized carbons (Fsp3) is 0.235. The maximum Gasteiger partial charge on any atom is 0.321 e. The second-order valence-electron chi connectivity index (χ2n) is 4.89. The molecule has 0 fully saturated rings. The van der Waals surface area contributed by atoms with Gasteiger partial charge in [0.05, 0.1) is 26.4 Å². The molecule has 1 aromatic carbocycles. The third-order valence-electron chi connectivity index (χ3n) is 3.52. The zero-order valence-corrected chi connectivity index (χ0v) is 14.6. The molecule has 7 heteroatoms. The van der Waals surface area contributed by atoms with Crippen molar-refractivity contribution in [3.8, 4) is 0 Å². The van der Waals surface area contributed by atoms with Gasteiger partial charge in [-0.05, 0) is 29.8 Å². The van der Waals surface area contributed by atoms with Crippen molar-refractivity contribution in [1.82, 2.24) is 0 Å². The average molecular weight is 395 g/mol. The van der Waals surface area contributed by atoms with Crippen LogP contribution in [0.3, 0.4) is 0 Å². The number of carbonyl (C=O) groups is 3. The van der Waals surface area contributed by atoms with Gasteiger partial charge in [0, 0.05) is 4.47 Å². The van der Waals surface area contributed by atoms with Crippen molar-refractivity contribution in [3.05, 3.63) is 58.5 Å². The van der Waals surface area contributed by atoms with Gasteiger partial charge in [0.15, 0.2) is 11.7 Å². The molecule has 6 nitrogen and oxygen atoms in total. The van der Waals surface area contributed by atoms with Gasteiger partial charge >= 0.3 is 11.9 Å². The summed E-state index contributed by atoms with van der Waals surface area (Å²) in [5.41, 5.74) is 0.473. The van der Waals surface area contributed by atoms with Crippen LogP contribution < -0.4 is 0 Å². The number of furan rings is 1. The van der Waals surface area contributed by atoms with Crippen molar-refractivity contribution in [2.45, 2.75) is 5.92 Å². The van der Waals surface area contributed by atoms with E-state index in [1.807, 2.05) is 0 Å². The highest BCUT2D eigenvalue weighted by Crippen LogP contribution is 2.32. The van der Waals surface area contributed by atoms with Crippen LogP contribution >= 0.6 is 15.9 Å². The number of carbonyl (C=O) groups excluding carboxylic acids is 3. The topological polar surface area (TPSA) is 82.8 Å². The lowest BCUT2D eigenvalue weighted by atomic mass is 9.82. The Bertz CT molecular complexity index is 704. The van der Waals surface area contributed by atoms with E-state index in [1.54, 1.807) is 30.3 Å². The fourth-order valence-electron chi connectivity index (χ4n) is 2.36. The van der Waals surface area contributed by atoms with Gasteiger partial charge in [-0.1, -0.05) is 28.1 Å². The van der Waals surface area contributed by atoms with Gasteiger partial charge in [-0.25, -0.2) is 0 Å². The van der Waals surface area contributed by atoms with E-state index >= 15 is 0 Å². The van der Waals surface area contributed by atoms with E-state index < -0.39 is 29.6 Å². The molecule has 0 bridgehead atoms. The Hall–Kier alpha value is -2.41. The molecular weight excluding hydrogens is 380 g/mol. The third-order valence-corrected chi connectivity index (χ3v) is 4.05. The molecule has 0 radical (unpaired) electrons. The van der Waals surface area contributed by atoms with Crippen molar-refractivity contribution in [3.63, 3.8) is 0 Å². The van der Waals surface area contributed by atoms with E-state index in [9.17, 15) is 14.4 Å². The highest BCUT2D eigenvalue weighted by molar-refractivity contribution is 9.10. The maximum atomic E-state index is 12.9. The molecule has 126 valence electrons. The van der Waals surface area contributed by atoms with Crippen LogP contribution in [0, 0.1) is 5.92 Å². The van der Waals surface area contributed by atoms with Gasteiger partial charge < -0.3 is 13.9 Å². The Morgan fingerprint density at radius 1 is 1.00 bits per heavy atom. The largest absolute Gasteiger partial charge is 0.468 e. The van der Waals surface area contributed by atoms with Crippen molar-refractivity contribution in [1.29, 1.82) is 0 Å². The standard InChI is InChI=1S/C17H15BrO6/c1-22-16(20)14(17(21)23-2)13(10-5-7-11(18)8-6-10)15(19)12-4-3-9-24-12/h3-9,13-14H,1-2H3/t13-/m1/s1. The van der Waals surface area contributed by atoms with E-state index in [-0.39, 0.29) is 5.76 Å². The van der Waals surface area contributed by atoms with Crippen LogP contribution in [0.15, 0.2) is 51.6 Å². The fourth-order valence-corrected chi connectivity index (χ4v) is 2.62. The lowest BCUT2D eigenvalue weighted by Gasteiger charge is -2.22. The first kappa shape index (κ1) is 17.9. The quantitative estimate of drug-likeness (QED) is 0.425. The number of ketones is 1. The molecule has 2 rings (SSSR count). The maximum absolute atomic E-state index is 12.9. The molecule has 1 atom stereocenters. The van der Waals surface area contributed by atoms with E-state index in [0.717, 1.165) is 18.7 Å². The summed E-state index contributed by atoms with van der Waals surface area (Å²) in [6.45, 7) is 0. The number of methoxy groups -OCH3 is 2. The molecule has 1 heterocycles. The first-order valence-electron chi connectivity index (χ1n) is 6.98. The molecule has 0 unspecified atom stereocenters. The predicted octanol–water partition coefficient (Wildman–Crippen LogP) is 2.97. The smallest absolute Gasteiger partial charge is 0.321 e. The average Bonchev–Trinajstić information content (AvgIpc) is 3.13. The summed E-state index contributed by atoms with van der Waals surface area (Å²) in [6, 6.07) is 9.74. The lowest BCUT2D eigenvalue weighted by Crippen LogP contribution is -2.36. The summed E-state index contributed by atoms with van der Waals surface area (Å²) in [6.07, 6.45) is 1.34. The normalized spacial score (nSPS) is 11.8. The molecule has 24 heavy (non-hydrogen) atoms. The first-order chi connectivity index (χ1) is 11.5.